The lowest BCUT2D eigenvalue weighted by Crippen LogP contribution is -2.15. The van der Waals surface area contributed by atoms with Crippen LogP contribution in [0.5, 0.6) is 0 Å². The van der Waals surface area contributed by atoms with Crippen molar-refractivity contribution in [2.75, 3.05) is 10.0 Å². The maximum Gasteiger partial charge on any atom is 0.263 e. The van der Waals surface area contributed by atoms with Gasteiger partial charge in [0.2, 0.25) is 0 Å². The quantitative estimate of drug-likeness (QED) is 0.528. The number of amides is 1. The first-order chi connectivity index (χ1) is 13.7. The number of aryl methyl sites for hydroxylation is 1. The molecule has 29 heavy (non-hydrogen) atoms. The van der Waals surface area contributed by atoms with E-state index in [4.69, 9.17) is 23.2 Å². The van der Waals surface area contributed by atoms with Crippen molar-refractivity contribution in [3.63, 3.8) is 0 Å². The Morgan fingerprint density at radius 2 is 1.62 bits per heavy atom. The maximum atomic E-state index is 12.6. The highest BCUT2D eigenvalue weighted by molar-refractivity contribution is 7.92. The number of sulfonamides is 1. The molecule has 0 unspecified atom stereocenters. The molecule has 3 rings (SSSR count). The maximum absolute atomic E-state index is 12.6. The van der Waals surface area contributed by atoms with E-state index in [0.717, 1.165) is 16.8 Å². The van der Waals surface area contributed by atoms with Gasteiger partial charge in [-0.25, -0.2) is 8.42 Å². The number of hydrogen-bond acceptors (Lipinski definition) is 3. The average molecular weight is 449 g/mol. The van der Waals surface area contributed by atoms with Crippen LogP contribution in [-0.4, -0.2) is 14.3 Å². The zero-order valence-electron chi connectivity index (χ0n) is 15.7. The Morgan fingerprint density at radius 1 is 0.931 bits per heavy atom. The predicted molar refractivity (Wildman–Crippen MR) is 118 cm³/mol. The van der Waals surface area contributed by atoms with E-state index in [1.807, 2.05) is 32.0 Å². The lowest BCUT2D eigenvalue weighted by Gasteiger charge is -2.12. The molecule has 150 valence electrons. The van der Waals surface area contributed by atoms with E-state index >= 15 is 0 Å². The van der Waals surface area contributed by atoms with E-state index < -0.39 is 10.0 Å². The fourth-order valence-corrected chi connectivity index (χ4v) is 4.49. The number of benzene rings is 3. The highest BCUT2D eigenvalue weighted by Gasteiger charge is 2.19. The molecule has 0 atom stereocenters. The third-order valence-electron chi connectivity index (χ3n) is 4.43. The second-order valence-electron chi connectivity index (χ2n) is 6.46. The molecule has 8 heteroatoms. The van der Waals surface area contributed by atoms with Crippen molar-refractivity contribution >= 4 is 50.5 Å². The largest absolute Gasteiger partial charge is 0.322 e. The van der Waals surface area contributed by atoms with Gasteiger partial charge in [-0.1, -0.05) is 35.3 Å². The Labute approximate surface area is 179 Å². The molecular formula is C21H18Cl2N2O3S. The van der Waals surface area contributed by atoms with Gasteiger partial charge in [-0.2, -0.15) is 0 Å². The first-order valence-corrected chi connectivity index (χ1v) is 10.9. The monoisotopic (exact) mass is 448 g/mol. The lowest BCUT2D eigenvalue weighted by molar-refractivity contribution is 0.102. The van der Waals surface area contributed by atoms with Gasteiger partial charge < -0.3 is 5.32 Å². The number of carbonyl (C=O) groups excluding carboxylic acids is 1. The van der Waals surface area contributed by atoms with Crippen molar-refractivity contribution in [3.05, 3.63) is 87.4 Å². The summed E-state index contributed by atoms with van der Waals surface area (Å²) in [6.07, 6.45) is 0. The van der Waals surface area contributed by atoms with Crippen molar-refractivity contribution in [3.8, 4) is 0 Å². The predicted octanol–water partition coefficient (Wildman–Crippen LogP) is 5.66. The Hall–Kier alpha value is -2.54. The van der Waals surface area contributed by atoms with E-state index in [1.165, 1.54) is 42.5 Å². The summed E-state index contributed by atoms with van der Waals surface area (Å²) in [6, 6.07) is 16.0. The third kappa shape index (κ3) is 4.90. The zero-order valence-corrected chi connectivity index (χ0v) is 18.0. The fraction of sp³-hybridized carbons (Fsp3) is 0.0952. The Balaban J connectivity index is 1.77. The van der Waals surface area contributed by atoms with Gasteiger partial charge in [0.25, 0.3) is 15.9 Å². The average Bonchev–Trinajstić information content (AvgIpc) is 2.67. The molecule has 0 bridgehead atoms. The van der Waals surface area contributed by atoms with Crippen molar-refractivity contribution in [2.24, 2.45) is 0 Å². The molecule has 0 radical (unpaired) electrons. The van der Waals surface area contributed by atoms with E-state index in [-0.39, 0.29) is 20.8 Å². The minimum Gasteiger partial charge on any atom is -0.322 e. The Morgan fingerprint density at radius 3 is 2.31 bits per heavy atom. The van der Waals surface area contributed by atoms with Gasteiger partial charge in [-0.15, -0.1) is 0 Å². The molecule has 0 saturated carbocycles. The van der Waals surface area contributed by atoms with Crippen LogP contribution in [0.25, 0.3) is 0 Å². The van der Waals surface area contributed by atoms with Gasteiger partial charge >= 0.3 is 0 Å². The Bertz CT molecular complexity index is 1180. The highest BCUT2D eigenvalue weighted by atomic mass is 35.5. The zero-order chi connectivity index (χ0) is 21.2. The first-order valence-electron chi connectivity index (χ1n) is 8.63. The van der Waals surface area contributed by atoms with Gasteiger partial charge in [0.15, 0.2) is 0 Å². The molecule has 0 spiro atoms. The molecule has 5 nitrogen and oxygen atoms in total. The third-order valence-corrected chi connectivity index (χ3v) is 6.53. The summed E-state index contributed by atoms with van der Waals surface area (Å²) >= 11 is 11.9. The number of nitrogens with one attached hydrogen (secondary N) is 2. The van der Waals surface area contributed by atoms with E-state index in [1.54, 1.807) is 0 Å². The standard InChI is InChI=1S/C21H18Cl2N2O3S/c1-13-4-3-5-19(14(13)2)24-21(26)15-6-9-17(10-7-15)25-29(27,28)20-12-16(22)8-11-18(20)23/h3-12,25H,1-2H3,(H,24,26). The van der Waals surface area contributed by atoms with Crippen molar-refractivity contribution < 1.29 is 13.2 Å². The molecule has 1 amide bonds. The van der Waals surface area contributed by atoms with E-state index in [9.17, 15) is 13.2 Å². The van der Waals surface area contributed by atoms with Gasteiger partial charge in [-0.05, 0) is 73.5 Å². The van der Waals surface area contributed by atoms with Crippen LogP contribution in [0.1, 0.15) is 21.5 Å². The summed E-state index contributed by atoms with van der Waals surface area (Å²) in [5.74, 6) is -0.286. The number of rotatable bonds is 5. The second-order valence-corrected chi connectivity index (χ2v) is 8.95. The van der Waals surface area contributed by atoms with Crippen LogP contribution in [0.15, 0.2) is 65.6 Å². The van der Waals surface area contributed by atoms with Gasteiger partial charge in [0.05, 0.1) is 5.02 Å². The van der Waals surface area contributed by atoms with Crippen LogP contribution in [0, 0.1) is 13.8 Å². The molecule has 0 aliphatic rings. The van der Waals surface area contributed by atoms with Crippen LogP contribution >= 0.6 is 23.2 Å². The van der Waals surface area contributed by atoms with Crippen LogP contribution in [0.3, 0.4) is 0 Å². The van der Waals surface area contributed by atoms with E-state index in [2.05, 4.69) is 10.0 Å². The summed E-state index contributed by atoms with van der Waals surface area (Å²) < 4.78 is 27.6. The molecule has 2 N–H and O–H groups in total. The van der Waals surface area contributed by atoms with Gasteiger partial charge in [0, 0.05) is 22.0 Å². The second kappa shape index (κ2) is 8.45. The summed E-state index contributed by atoms with van der Waals surface area (Å²) in [5.41, 5.74) is 3.49. The van der Waals surface area contributed by atoms with Crippen LogP contribution in [0.4, 0.5) is 11.4 Å². The molecule has 3 aromatic carbocycles. The van der Waals surface area contributed by atoms with Crippen LogP contribution in [-0.2, 0) is 10.0 Å². The van der Waals surface area contributed by atoms with Crippen molar-refractivity contribution in [2.45, 2.75) is 18.7 Å². The number of carbonyl (C=O) groups is 1. The molecule has 0 aliphatic heterocycles. The summed E-state index contributed by atoms with van der Waals surface area (Å²) in [4.78, 5) is 12.4. The van der Waals surface area contributed by atoms with Gasteiger partial charge in [-0.3, -0.25) is 9.52 Å². The normalized spacial score (nSPS) is 11.2. The molecule has 0 aromatic heterocycles. The molecule has 3 aromatic rings. The van der Waals surface area contributed by atoms with Crippen LogP contribution < -0.4 is 10.0 Å². The topological polar surface area (TPSA) is 75.3 Å². The number of hydrogen-bond donors (Lipinski definition) is 2. The Kier molecular flexibility index (Phi) is 6.17. The van der Waals surface area contributed by atoms with Crippen molar-refractivity contribution in [1.29, 1.82) is 0 Å². The molecule has 0 saturated heterocycles. The highest BCUT2D eigenvalue weighted by Crippen LogP contribution is 2.27. The SMILES string of the molecule is Cc1cccc(NC(=O)c2ccc(NS(=O)(=O)c3cc(Cl)ccc3Cl)cc2)c1C. The summed E-state index contributed by atoms with van der Waals surface area (Å²) in [6.45, 7) is 3.90. The molecule has 0 fully saturated rings. The van der Waals surface area contributed by atoms with E-state index in [0.29, 0.717) is 11.3 Å². The molecular weight excluding hydrogens is 431 g/mol. The number of anilines is 2. The lowest BCUT2D eigenvalue weighted by atomic mass is 10.1. The van der Waals surface area contributed by atoms with Crippen molar-refractivity contribution in [1.82, 2.24) is 0 Å². The first kappa shape index (κ1) is 21.2. The molecule has 0 aliphatic carbocycles. The smallest absolute Gasteiger partial charge is 0.263 e. The van der Waals surface area contributed by atoms with Crippen LogP contribution in [0.2, 0.25) is 10.0 Å². The minimum atomic E-state index is -3.93. The number of halogens is 2. The molecule has 0 heterocycles. The minimum absolute atomic E-state index is 0.0615. The summed E-state index contributed by atoms with van der Waals surface area (Å²) in [7, 11) is -3.93. The fourth-order valence-electron chi connectivity index (χ4n) is 2.66. The summed E-state index contributed by atoms with van der Waals surface area (Å²) in [5, 5.41) is 3.18. The van der Waals surface area contributed by atoms with Gasteiger partial charge in [0.1, 0.15) is 4.90 Å².